The first kappa shape index (κ1) is 14.1. The molecule has 1 heterocycles. The van der Waals surface area contributed by atoms with Gasteiger partial charge in [-0.25, -0.2) is 0 Å². The highest BCUT2D eigenvalue weighted by molar-refractivity contribution is 5.99. The number of hydrogen-bond donors (Lipinski definition) is 1. The van der Waals surface area contributed by atoms with E-state index >= 15 is 0 Å². The Kier molecular flexibility index (Phi) is 3.95. The Hall–Kier alpha value is -1.35. The van der Waals surface area contributed by atoms with E-state index in [1.807, 2.05) is 31.3 Å². The monoisotopic (exact) mass is 261 g/mol. The summed E-state index contributed by atoms with van der Waals surface area (Å²) in [4.78, 5) is 12.1. The second kappa shape index (κ2) is 5.33. The van der Waals surface area contributed by atoms with Gasteiger partial charge in [-0.2, -0.15) is 0 Å². The molecule has 1 aliphatic heterocycles. The number of Topliss-reactive ketones (excluding diaryl/α,β-unsaturated/α-hetero) is 1. The molecule has 1 N–H and O–H groups in total. The van der Waals surface area contributed by atoms with Crippen molar-refractivity contribution in [1.82, 2.24) is 5.32 Å². The molecule has 0 radical (unpaired) electrons. The van der Waals surface area contributed by atoms with Crippen LogP contribution in [-0.4, -0.2) is 24.5 Å². The second-order valence-corrected chi connectivity index (χ2v) is 6.10. The minimum Gasteiger partial charge on any atom is -0.489 e. The van der Waals surface area contributed by atoms with Crippen molar-refractivity contribution in [2.45, 2.75) is 45.3 Å². The lowest BCUT2D eigenvalue weighted by atomic mass is 9.85. The number of fused-ring (bicyclic) bond motifs is 1. The van der Waals surface area contributed by atoms with Gasteiger partial charge in [-0.3, -0.25) is 4.79 Å². The Balaban J connectivity index is 2.11. The summed E-state index contributed by atoms with van der Waals surface area (Å²) in [6, 6.07) is 7.52. The van der Waals surface area contributed by atoms with Gasteiger partial charge in [-0.15, -0.1) is 0 Å². The van der Waals surface area contributed by atoms with Crippen LogP contribution in [0.25, 0.3) is 0 Å². The predicted octanol–water partition coefficient (Wildman–Crippen LogP) is 3.04. The van der Waals surface area contributed by atoms with Gasteiger partial charge >= 0.3 is 0 Å². The number of carbonyl (C=O) groups is 1. The molecule has 2 rings (SSSR count). The molecule has 0 spiro atoms. The van der Waals surface area contributed by atoms with E-state index in [0.29, 0.717) is 12.3 Å². The van der Waals surface area contributed by atoms with E-state index in [9.17, 15) is 4.79 Å². The van der Waals surface area contributed by atoms with Gasteiger partial charge in [-0.1, -0.05) is 19.1 Å². The lowest BCUT2D eigenvalue weighted by Crippen LogP contribution is -2.42. The van der Waals surface area contributed by atoms with Crippen LogP contribution in [0.1, 0.15) is 44.0 Å². The van der Waals surface area contributed by atoms with E-state index < -0.39 is 0 Å². The molecule has 0 saturated carbocycles. The third-order valence-electron chi connectivity index (χ3n) is 4.00. The lowest BCUT2D eigenvalue weighted by molar-refractivity contribution is 0.0699. The minimum absolute atomic E-state index is 0.0185. The molecule has 2 unspecified atom stereocenters. The summed E-state index contributed by atoms with van der Waals surface area (Å²) in [5.74, 6) is 1.26. The Morgan fingerprint density at radius 2 is 2.11 bits per heavy atom. The normalized spacial score (nSPS) is 20.6. The molecule has 0 aromatic heterocycles. The molecule has 2 atom stereocenters. The van der Waals surface area contributed by atoms with Crippen molar-refractivity contribution in [1.29, 1.82) is 0 Å². The highest BCUT2D eigenvalue weighted by Gasteiger charge is 2.32. The average molecular weight is 261 g/mol. The van der Waals surface area contributed by atoms with E-state index in [1.54, 1.807) is 0 Å². The summed E-state index contributed by atoms with van der Waals surface area (Å²) in [5.41, 5.74) is 0.779. The van der Waals surface area contributed by atoms with Crippen LogP contribution in [0.2, 0.25) is 0 Å². The fourth-order valence-corrected chi connectivity index (χ4v) is 2.65. The van der Waals surface area contributed by atoms with Crippen LogP contribution in [0.15, 0.2) is 24.3 Å². The average Bonchev–Trinajstić information content (AvgIpc) is 2.38. The number of nitrogens with one attached hydrogen (secondary N) is 1. The molecule has 0 saturated heterocycles. The second-order valence-electron chi connectivity index (χ2n) is 6.10. The van der Waals surface area contributed by atoms with Crippen LogP contribution in [-0.2, 0) is 0 Å². The van der Waals surface area contributed by atoms with Gasteiger partial charge < -0.3 is 10.1 Å². The predicted molar refractivity (Wildman–Crippen MR) is 76.7 cm³/mol. The number of ether oxygens (including phenoxy) is 1. The van der Waals surface area contributed by atoms with Crippen LogP contribution < -0.4 is 10.1 Å². The molecule has 3 heteroatoms. The maximum Gasteiger partial charge on any atom is 0.170 e. The van der Waals surface area contributed by atoms with Crippen molar-refractivity contribution < 1.29 is 9.53 Å². The molecule has 0 fully saturated rings. The zero-order valence-corrected chi connectivity index (χ0v) is 12.2. The fourth-order valence-electron chi connectivity index (χ4n) is 2.65. The molecular weight excluding hydrogens is 238 g/mol. The maximum absolute atomic E-state index is 12.1. The quantitative estimate of drug-likeness (QED) is 0.905. The van der Waals surface area contributed by atoms with Gasteiger partial charge in [0.05, 0.1) is 5.56 Å². The number of carbonyl (C=O) groups excluding carboxylic acids is 1. The summed E-state index contributed by atoms with van der Waals surface area (Å²) in [7, 11) is 1.97. The number of rotatable bonds is 4. The Bertz CT molecular complexity index is 468. The van der Waals surface area contributed by atoms with Crippen molar-refractivity contribution in [2.24, 2.45) is 5.92 Å². The zero-order chi connectivity index (χ0) is 14.0. The van der Waals surface area contributed by atoms with E-state index in [-0.39, 0.29) is 17.4 Å². The Labute approximate surface area is 115 Å². The van der Waals surface area contributed by atoms with Gasteiger partial charge in [0.25, 0.3) is 0 Å². The molecule has 0 aliphatic carbocycles. The molecule has 0 bridgehead atoms. The first-order valence-electron chi connectivity index (χ1n) is 6.91. The minimum atomic E-state index is -0.0185. The van der Waals surface area contributed by atoms with E-state index in [2.05, 4.69) is 26.1 Å². The topological polar surface area (TPSA) is 38.3 Å². The Morgan fingerprint density at radius 3 is 2.79 bits per heavy atom. The van der Waals surface area contributed by atoms with Gasteiger partial charge in [0, 0.05) is 12.0 Å². The van der Waals surface area contributed by atoms with Crippen LogP contribution in [0.3, 0.4) is 0 Å². The van der Waals surface area contributed by atoms with Crippen molar-refractivity contribution in [3.63, 3.8) is 0 Å². The molecule has 3 nitrogen and oxygen atoms in total. The van der Waals surface area contributed by atoms with Crippen LogP contribution in [0.5, 0.6) is 5.75 Å². The zero-order valence-electron chi connectivity index (χ0n) is 12.2. The first-order chi connectivity index (χ1) is 8.93. The highest BCUT2D eigenvalue weighted by atomic mass is 16.5. The lowest BCUT2D eigenvalue weighted by Gasteiger charge is -2.34. The number of ketones is 1. The number of para-hydroxylation sites is 1. The van der Waals surface area contributed by atoms with Crippen LogP contribution in [0, 0.1) is 5.92 Å². The van der Waals surface area contributed by atoms with E-state index in [4.69, 9.17) is 4.74 Å². The van der Waals surface area contributed by atoms with Crippen molar-refractivity contribution in [3.05, 3.63) is 29.8 Å². The van der Waals surface area contributed by atoms with Gasteiger partial charge in [-0.05, 0) is 45.4 Å². The summed E-state index contributed by atoms with van der Waals surface area (Å²) in [6.45, 7) is 6.50. The first-order valence-corrected chi connectivity index (χ1v) is 6.91. The third-order valence-corrected chi connectivity index (χ3v) is 4.00. The maximum atomic E-state index is 12.1. The summed E-state index contributed by atoms with van der Waals surface area (Å²) < 4.78 is 6.01. The number of hydrogen-bond acceptors (Lipinski definition) is 3. The molecule has 19 heavy (non-hydrogen) atoms. The standard InChI is InChI=1S/C16H23NO2/c1-11(10-16(2,3)17-4)15-9-13(18)12-7-5-6-8-14(12)19-15/h5-8,11,15,17H,9-10H2,1-4H3. The molecule has 104 valence electrons. The largest absolute Gasteiger partial charge is 0.489 e. The van der Waals surface area contributed by atoms with Gasteiger partial charge in [0.2, 0.25) is 0 Å². The van der Waals surface area contributed by atoms with Crippen molar-refractivity contribution in [2.75, 3.05) is 7.05 Å². The molecule has 0 amide bonds. The summed E-state index contributed by atoms with van der Waals surface area (Å²) in [5, 5.41) is 3.30. The third kappa shape index (κ3) is 3.16. The fraction of sp³-hybridized carbons (Fsp3) is 0.562. The Morgan fingerprint density at radius 1 is 1.42 bits per heavy atom. The van der Waals surface area contributed by atoms with E-state index in [0.717, 1.165) is 17.7 Å². The van der Waals surface area contributed by atoms with Gasteiger partial charge in [0.15, 0.2) is 5.78 Å². The van der Waals surface area contributed by atoms with Crippen molar-refractivity contribution >= 4 is 5.78 Å². The van der Waals surface area contributed by atoms with Crippen LogP contribution in [0.4, 0.5) is 0 Å². The number of benzene rings is 1. The van der Waals surface area contributed by atoms with Gasteiger partial charge in [0.1, 0.15) is 11.9 Å². The smallest absolute Gasteiger partial charge is 0.170 e. The molecule has 1 aliphatic rings. The SMILES string of the molecule is CNC(C)(C)CC(C)C1CC(=O)c2ccccc2O1. The summed E-state index contributed by atoms with van der Waals surface area (Å²) in [6.07, 6.45) is 1.44. The highest BCUT2D eigenvalue weighted by Crippen LogP contribution is 2.32. The van der Waals surface area contributed by atoms with Crippen LogP contribution >= 0.6 is 0 Å². The molecule has 1 aromatic rings. The molecular formula is C16H23NO2. The van der Waals surface area contributed by atoms with Crippen molar-refractivity contribution in [3.8, 4) is 5.75 Å². The molecule has 1 aromatic carbocycles. The summed E-state index contributed by atoms with van der Waals surface area (Å²) >= 11 is 0. The van der Waals surface area contributed by atoms with E-state index in [1.165, 1.54) is 0 Å².